The fourth-order valence-corrected chi connectivity index (χ4v) is 17.1. The van der Waals surface area contributed by atoms with E-state index in [0.717, 1.165) is 50.3 Å². The molecule has 5 heterocycles. The van der Waals surface area contributed by atoms with E-state index >= 15 is 0 Å². The maximum Gasteiger partial charge on any atom is 0.268 e. The van der Waals surface area contributed by atoms with Gasteiger partial charge >= 0.3 is 0 Å². The molecule has 14 rings (SSSR count). The number of ether oxygens (including phenoxy) is 1. The molecule has 0 aliphatic carbocycles. The summed E-state index contributed by atoms with van der Waals surface area (Å²) < 4.78 is 13.5. The molecule has 0 N–H and O–H groups in total. The van der Waals surface area contributed by atoms with Crippen LogP contribution in [0.15, 0.2) is 206 Å². The summed E-state index contributed by atoms with van der Waals surface area (Å²) in [6, 6.07) is 80.8. The first kappa shape index (κ1) is 46.8. The number of benzene rings is 9. The smallest absolute Gasteiger partial charge is 0.268 e. The van der Waals surface area contributed by atoms with Crippen molar-refractivity contribution in [3.8, 4) is 62.1 Å². The molecule has 0 spiro atoms. The number of hydrogen-bond acceptors (Lipinski definition) is 2. The quantitative estimate of drug-likeness (QED) is 0.0978. The molecule has 75 heavy (non-hydrogen) atoms. The van der Waals surface area contributed by atoms with Gasteiger partial charge in [-0.25, -0.2) is 4.98 Å². The van der Waals surface area contributed by atoms with Crippen molar-refractivity contribution in [1.82, 2.24) is 14.1 Å². The number of rotatable bonds is 5. The molecule has 0 saturated heterocycles. The maximum absolute atomic E-state index is 6.85. The fraction of sp³-hybridized carbons (Fsp3) is 0.118. The van der Waals surface area contributed by atoms with Gasteiger partial charge in [0, 0.05) is 43.6 Å². The third-order valence-corrected chi connectivity index (χ3v) is 20.4. The first-order valence-electron chi connectivity index (χ1n) is 25.6. The van der Waals surface area contributed by atoms with Crippen LogP contribution in [0.2, 0.25) is 0 Å². The summed E-state index contributed by atoms with van der Waals surface area (Å²) in [5.74, 6) is 2.11. The van der Waals surface area contributed by atoms with Gasteiger partial charge in [0.15, 0.2) is 8.07 Å². The summed E-state index contributed by atoms with van der Waals surface area (Å²) in [4.78, 5) is 5.31. The molecule has 2 aliphatic heterocycles. The Labute approximate surface area is 453 Å². The molecule has 3 aromatic heterocycles. The van der Waals surface area contributed by atoms with E-state index in [1.54, 1.807) is 0 Å². The predicted molar refractivity (Wildman–Crippen MR) is 304 cm³/mol. The summed E-state index contributed by atoms with van der Waals surface area (Å²) in [5, 5.41) is 7.55. The molecule has 7 heteroatoms. The van der Waals surface area contributed by atoms with Crippen molar-refractivity contribution in [2.24, 2.45) is 0 Å². The number of hydrogen-bond donors (Lipinski definition) is 0. The van der Waals surface area contributed by atoms with Gasteiger partial charge in [-0.1, -0.05) is 205 Å². The van der Waals surface area contributed by atoms with Crippen molar-refractivity contribution in [2.75, 3.05) is 0 Å². The van der Waals surface area contributed by atoms with E-state index in [0.29, 0.717) is 11.5 Å². The summed E-state index contributed by atoms with van der Waals surface area (Å²) in [6.07, 6.45) is 5.74. The summed E-state index contributed by atoms with van der Waals surface area (Å²) >= 11 is 0. The Bertz CT molecular complexity index is 4190. The number of para-hydroxylation sites is 3. The second-order valence-electron chi connectivity index (χ2n) is 22.0. The monoisotopic (exact) mass is 1070 g/mol. The number of fused-ring (bicyclic) bond motifs is 12. The van der Waals surface area contributed by atoms with Gasteiger partial charge < -0.3 is 13.9 Å². The fourth-order valence-electron chi connectivity index (χ4n) is 12.1. The van der Waals surface area contributed by atoms with E-state index in [2.05, 4.69) is 256 Å². The van der Waals surface area contributed by atoms with Crippen LogP contribution in [0.1, 0.15) is 52.7 Å². The Kier molecular flexibility index (Phi) is 10.8. The van der Waals surface area contributed by atoms with E-state index in [9.17, 15) is 0 Å². The van der Waals surface area contributed by atoms with E-state index in [1.165, 1.54) is 65.0 Å². The van der Waals surface area contributed by atoms with Gasteiger partial charge in [0.05, 0.1) is 16.7 Å². The van der Waals surface area contributed by atoms with Crippen LogP contribution in [0.5, 0.6) is 11.5 Å². The van der Waals surface area contributed by atoms with Crippen LogP contribution in [0.25, 0.3) is 83.4 Å². The van der Waals surface area contributed by atoms with Gasteiger partial charge in [-0.05, 0) is 99.3 Å². The van der Waals surface area contributed by atoms with Crippen molar-refractivity contribution in [3.63, 3.8) is 0 Å². The van der Waals surface area contributed by atoms with E-state index < -0.39 is 8.07 Å². The first-order valence-corrected chi connectivity index (χ1v) is 27.6. The SMILES string of the molecule is CC(C)(C)c1ccc([Si]2(c3ccc(C(C)(C)C)cc3)c3cccnc3-n3c4[c-]c(Oc5[c-]c(-n6[c-][n+]7c8c(cccc86)-c6ccccc6-c6ccccc6-c6ccccc6-7)ccc5)ccc4c4cccc2c43)cc1.[Pd]. The minimum Gasteiger partial charge on any atom is -0.510 e. The zero-order valence-electron chi connectivity index (χ0n) is 42.6. The molecule has 12 aromatic rings. The van der Waals surface area contributed by atoms with Gasteiger partial charge in [-0.3, -0.25) is 4.57 Å². The van der Waals surface area contributed by atoms with E-state index in [1.807, 2.05) is 24.4 Å². The van der Waals surface area contributed by atoms with Crippen molar-refractivity contribution >= 4 is 61.7 Å². The van der Waals surface area contributed by atoms with E-state index in [-0.39, 0.29) is 31.3 Å². The molecule has 0 radical (unpaired) electrons. The predicted octanol–water partition coefficient (Wildman–Crippen LogP) is 13.2. The van der Waals surface area contributed by atoms with E-state index in [4.69, 9.17) is 9.72 Å². The Morgan fingerprint density at radius 2 is 1.05 bits per heavy atom. The molecular formula is C68H52N4OPdSi-2. The molecule has 0 amide bonds. The molecule has 0 unspecified atom stereocenters. The molecular weight excluding hydrogens is 1020 g/mol. The van der Waals surface area contributed by atoms with Crippen LogP contribution in [0, 0.1) is 18.5 Å². The summed E-state index contributed by atoms with van der Waals surface area (Å²) in [5.41, 5.74) is 15.8. The van der Waals surface area contributed by atoms with Crippen LogP contribution < -0.4 is 30.1 Å². The molecule has 0 saturated carbocycles. The van der Waals surface area contributed by atoms with Gasteiger partial charge in [0.25, 0.3) is 6.33 Å². The average molecular weight is 1080 g/mol. The maximum atomic E-state index is 6.85. The van der Waals surface area contributed by atoms with Gasteiger partial charge in [0.2, 0.25) is 0 Å². The average Bonchev–Trinajstić information content (AvgIpc) is 4.04. The van der Waals surface area contributed by atoms with Crippen molar-refractivity contribution in [2.45, 2.75) is 52.4 Å². The topological polar surface area (TPSA) is 35.9 Å². The Morgan fingerprint density at radius 1 is 0.493 bits per heavy atom. The van der Waals surface area contributed by atoms with Gasteiger partial charge in [-0.15, -0.1) is 29.7 Å². The van der Waals surface area contributed by atoms with Crippen molar-refractivity contribution in [3.05, 3.63) is 236 Å². The summed E-state index contributed by atoms with van der Waals surface area (Å²) in [7, 11) is -2.97. The summed E-state index contributed by atoms with van der Waals surface area (Å²) in [6.45, 7) is 13.7. The van der Waals surface area contributed by atoms with Crippen LogP contribution >= 0.6 is 0 Å². The van der Waals surface area contributed by atoms with Gasteiger partial charge in [-0.2, -0.15) is 18.2 Å². The Morgan fingerprint density at radius 3 is 1.72 bits per heavy atom. The van der Waals surface area contributed by atoms with Crippen LogP contribution in [-0.4, -0.2) is 22.2 Å². The molecule has 0 atom stereocenters. The molecule has 5 nitrogen and oxygen atoms in total. The zero-order valence-corrected chi connectivity index (χ0v) is 45.2. The molecule has 0 fully saturated rings. The second kappa shape index (κ2) is 17.3. The van der Waals surface area contributed by atoms with Crippen molar-refractivity contribution < 1.29 is 29.7 Å². The second-order valence-corrected chi connectivity index (χ2v) is 25.7. The molecule has 0 bridgehead atoms. The Hall–Kier alpha value is -7.92. The standard InChI is InChI=1S/C68H52N4OSi.Pd/c1-67(2,3)44-30-35-49(36-31-44)74(50-37-32-45(33-38-50)68(4,5)6)62-28-15-25-58-56-39-34-48(42-61(56)72(65(58)62)66-63(74)29-16-40-69-66)73-47-18-13-17-46(41-47)70-43-71-59-26-12-11-23-55(59)53-21-9-7-19-51(53)52-20-8-10-22-54(52)57-24-14-27-60(70)64(57)71;/h7-40H,1-6H3;/q-2;. The third kappa shape index (κ3) is 7.13. The minimum absolute atomic E-state index is 0. The van der Waals surface area contributed by atoms with Gasteiger partial charge in [0.1, 0.15) is 5.82 Å². The number of aromatic nitrogens is 4. The Balaban J connectivity index is 0.00000541. The molecule has 9 aromatic carbocycles. The first-order chi connectivity index (χ1) is 36.0. The van der Waals surface area contributed by atoms with Crippen LogP contribution in [-0.2, 0) is 31.3 Å². The zero-order chi connectivity index (χ0) is 50.1. The largest absolute Gasteiger partial charge is 0.510 e. The number of pyridine rings is 1. The van der Waals surface area contributed by atoms with Crippen molar-refractivity contribution in [1.29, 1.82) is 0 Å². The third-order valence-electron chi connectivity index (χ3n) is 15.6. The molecule has 366 valence electrons. The van der Waals surface area contributed by atoms with Crippen LogP contribution in [0.4, 0.5) is 0 Å². The number of imidazole rings is 1. The minimum atomic E-state index is -2.97. The number of nitrogens with zero attached hydrogens (tertiary/aromatic N) is 4. The normalized spacial score (nSPS) is 13.2. The van der Waals surface area contributed by atoms with Crippen LogP contribution in [0.3, 0.4) is 0 Å². The molecule has 2 aliphatic rings.